The van der Waals surface area contributed by atoms with Crippen LogP contribution in [-0.2, 0) is 0 Å². The van der Waals surface area contributed by atoms with Gasteiger partial charge in [0.25, 0.3) is 0 Å². The van der Waals surface area contributed by atoms with Gasteiger partial charge in [0.05, 0.1) is 36.4 Å². The molecule has 5 aromatic rings. The van der Waals surface area contributed by atoms with Gasteiger partial charge in [-0.15, -0.1) is 0 Å². The second kappa shape index (κ2) is 14.2. The number of ether oxygens (including phenoxy) is 2. The lowest BCUT2D eigenvalue weighted by Gasteiger charge is -2.09. The molecule has 0 aliphatic carbocycles. The first-order chi connectivity index (χ1) is 20.1. The SMILES string of the molecule is COc1ccc(F)c(F)c1-c1[nH]nc2nc(Cl)ncc12.COc1ccc(F)c(F)c1C(=O)c1cnc(Cl)nc1Cl.NN. The average Bonchev–Trinajstić information content (AvgIpc) is 3.39. The molecule has 0 amide bonds. The lowest BCUT2D eigenvalue weighted by atomic mass is 10.0. The van der Waals surface area contributed by atoms with Crippen LogP contribution in [0.4, 0.5) is 17.6 Å². The maximum absolute atomic E-state index is 14.0. The third kappa shape index (κ3) is 6.66. The van der Waals surface area contributed by atoms with E-state index in [1.54, 1.807) is 0 Å². The number of aromatic amines is 1. The summed E-state index contributed by atoms with van der Waals surface area (Å²) in [7, 11) is 2.59. The summed E-state index contributed by atoms with van der Waals surface area (Å²) in [5, 5.41) is 6.50. The van der Waals surface area contributed by atoms with Crippen molar-refractivity contribution in [2.45, 2.75) is 0 Å². The monoisotopic (exact) mass is 646 g/mol. The van der Waals surface area contributed by atoms with Crippen molar-refractivity contribution in [3.63, 3.8) is 0 Å². The molecule has 0 fully saturated rings. The molecule has 3 heterocycles. The number of ketones is 1. The van der Waals surface area contributed by atoms with Gasteiger partial charge in [0, 0.05) is 12.4 Å². The average molecular weight is 648 g/mol. The van der Waals surface area contributed by atoms with E-state index in [2.05, 4.69) is 41.8 Å². The van der Waals surface area contributed by atoms with Crippen molar-refractivity contribution in [3.8, 4) is 22.8 Å². The molecule has 3 aromatic heterocycles. The van der Waals surface area contributed by atoms with E-state index in [4.69, 9.17) is 44.3 Å². The Labute approximate surface area is 248 Å². The molecule has 0 saturated heterocycles. The maximum atomic E-state index is 14.0. The minimum atomic E-state index is -1.33. The van der Waals surface area contributed by atoms with Gasteiger partial charge < -0.3 is 9.47 Å². The predicted molar refractivity (Wildman–Crippen MR) is 145 cm³/mol. The van der Waals surface area contributed by atoms with Crippen LogP contribution in [0.15, 0.2) is 36.7 Å². The first-order valence-corrected chi connectivity index (χ1v) is 12.2. The molecule has 0 saturated carbocycles. The van der Waals surface area contributed by atoms with Crippen LogP contribution in [0.3, 0.4) is 0 Å². The van der Waals surface area contributed by atoms with Gasteiger partial charge in [-0.3, -0.25) is 21.6 Å². The molecule has 5 N–H and O–H groups in total. The molecule has 42 heavy (non-hydrogen) atoms. The lowest BCUT2D eigenvalue weighted by Crippen LogP contribution is -2.10. The zero-order chi connectivity index (χ0) is 31.1. The number of methoxy groups -OCH3 is 2. The summed E-state index contributed by atoms with van der Waals surface area (Å²) < 4.78 is 64.5. The number of halogens is 7. The van der Waals surface area contributed by atoms with Gasteiger partial charge >= 0.3 is 0 Å². The molecule has 0 aliphatic rings. The number of carbonyl (C=O) groups is 1. The molecule has 220 valence electrons. The largest absolute Gasteiger partial charge is 0.496 e. The van der Waals surface area contributed by atoms with Crippen molar-refractivity contribution >= 4 is 51.6 Å². The smallest absolute Gasteiger partial charge is 0.224 e. The van der Waals surface area contributed by atoms with Crippen LogP contribution in [0.25, 0.3) is 22.3 Å². The third-order valence-electron chi connectivity index (χ3n) is 5.27. The van der Waals surface area contributed by atoms with Crippen LogP contribution >= 0.6 is 34.8 Å². The van der Waals surface area contributed by atoms with Gasteiger partial charge in [-0.2, -0.15) is 10.1 Å². The minimum absolute atomic E-state index is 0.0160. The zero-order valence-corrected chi connectivity index (χ0v) is 23.5. The van der Waals surface area contributed by atoms with E-state index >= 15 is 0 Å². The van der Waals surface area contributed by atoms with Crippen molar-refractivity contribution in [3.05, 3.63) is 86.8 Å². The van der Waals surface area contributed by atoms with Gasteiger partial charge in [-0.25, -0.2) is 32.5 Å². The third-order valence-corrected chi connectivity index (χ3v) is 5.92. The van der Waals surface area contributed by atoms with Crippen molar-refractivity contribution in [1.29, 1.82) is 0 Å². The molecule has 0 spiro atoms. The maximum Gasteiger partial charge on any atom is 0.224 e. The fraction of sp³-hybridized carbons (Fsp3) is 0.0833. The Kier molecular flexibility index (Phi) is 10.9. The standard InChI is InChI=1S/C12H6Cl2F2N2O2.C12H7ClF2N4O.H4N2/c1-20-7-3-2-6(15)9(16)8(7)10(19)5-4-17-12(14)18-11(5)13;1-20-7-3-2-6(14)9(15)8(7)10-5-4-16-12(13)17-11(5)19-18-10;1-2/h2-4H,1H3;2-4H,1H3,(H,16,17,18,19);1-2H2. The molecule has 0 aliphatic heterocycles. The molecule has 0 unspecified atom stereocenters. The van der Waals surface area contributed by atoms with Crippen LogP contribution in [0.5, 0.6) is 11.5 Å². The molecule has 0 radical (unpaired) electrons. The van der Waals surface area contributed by atoms with Crippen LogP contribution in [0.2, 0.25) is 15.7 Å². The number of aromatic nitrogens is 6. The topological polar surface area (TPSA) is 168 Å². The van der Waals surface area contributed by atoms with Crippen LogP contribution in [0.1, 0.15) is 15.9 Å². The van der Waals surface area contributed by atoms with E-state index in [1.807, 2.05) is 0 Å². The normalized spacial score (nSPS) is 10.4. The van der Waals surface area contributed by atoms with E-state index in [-0.39, 0.29) is 49.7 Å². The van der Waals surface area contributed by atoms with Crippen LogP contribution in [-0.4, -0.2) is 50.1 Å². The molecular weight excluding hydrogens is 631 g/mol. The molecule has 0 atom stereocenters. The Morgan fingerprint density at radius 3 is 2.02 bits per heavy atom. The number of rotatable bonds is 5. The summed E-state index contributed by atoms with van der Waals surface area (Å²) >= 11 is 16.9. The minimum Gasteiger partial charge on any atom is -0.496 e. The molecular formula is C24H17Cl3F4N8O3. The fourth-order valence-corrected chi connectivity index (χ4v) is 3.97. The molecule has 5 rings (SSSR count). The fourth-order valence-electron chi connectivity index (χ4n) is 3.45. The Hall–Kier alpha value is -4.15. The van der Waals surface area contributed by atoms with Gasteiger partial charge in [0.2, 0.25) is 16.4 Å². The quantitative estimate of drug-likeness (QED) is 0.0584. The Balaban J connectivity index is 0.000000218. The summed E-state index contributed by atoms with van der Waals surface area (Å²) in [4.78, 5) is 27.1. The summed E-state index contributed by atoms with van der Waals surface area (Å²) in [5.74, 6) is 2.61. The molecule has 0 bridgehead atoms. The van der Waals surface area contributed by atoms with Gasteiger partial charge in [-0.05, 0) is 47.5 Å². The number of carbonyl (C=O) groups excluding carboxylic acids is 1. The number of hydrogen-bond donors (Lipinski definition) is 3. The van der Waals surface area contributed by atoms with Crippen molar-refractivity contribution in [2.24, 2.45) is 11.7 Å². The Morgan fingerprint density at radius 2 is 1.40 bits per heavy atom. The van der Waals surface area contributed by atoms with E-state index in [0.29, 0.717) is 5.39 Å². The number of nitrogens with one attached hydrogen (secondary N) is 1. The summed E-state index contributed by atoms with van der Waals surface area (Å²) in [5.41, 5.74) is -0.378. The molecule has 11 nitrogen and oxygen atoms in total. The lowest BCUT2D eigenvalue weighted by molar-refractivity contribution is 0.103. The van der Waals surface area contributed by atoms with Crippen molar-refractivity contribution in [1.82, 2.24) is 30.1 Å². The van der Waals surface area contributed by atoms with Gasteiger partial charge in [0.1, 0.15) is 22.2 Å². The van der Waals surface area contributed by atoms with E-state index in [1.165, 1.54) is 26.5 Å². The predicted octanol–water partition coefficient (Wildman–Crippen LogP) is 5.08. The van der Waals surface area contributed by atoms with E-state index < -0.39 is 34.6 Å². The highest BCUT2D eigenvalue weighted by molar-refractivity contribution is 6.35. The number of hydrazine groups is 1. The van der Waals surface area contributed by atoms with Crippen LogP contribution < -0.4 is 21.2 Å². The van der Waals surface area contributed by atoms with Gasteiger partial charge in [-0.1, -0.05) is 11.6 Å². The van der Waals surface area contributed by atoms with Crippen molar-refractivity contribution < 1.29 is 31.8 Å². The van der Waals surface area contributed by atoms with Crippen molar-refractivity contribution in [2.75, 3.05) is 14.2 Å². The first kappa shape index (κ1) is 32.4. The first-order valence-electron chi connectivity index (χ1n) is 11.0. The molecule has 18 heteroatoms. The highest BCUT2D eigenvalue weighted by atomic mass is 35.5. The highest BCUT2D eigenvalue weighted by Gasteiger charge is 2.25. The second-order valence-corrected chi connectivity index (χ2v) is 8.56. The van der Waals surface area contributed by atoms with E-state index in [0.717, 1.165) is 24.4 Å². The Morgan fingerprint density at radius 1 is 0.833 bits per heavy atom. The number of H-pyrrole nitrogens is 1. The summed E-state index contributed by atoms with van der Waals surface area (Å²) in [6, 6.07) is 4.31. The summed E-state index contributed by atoms with van der Waals surface area (Å²) in [6.07, 6.45) is 2.41. The Bertz CT molecular complexity index is 1760. The number of hydrogen-bond acceptors (Lipinski definition) is 10. The number of nitrogens with zero attached hydrogens (tertiary/aromatic N) is 5. The van der Waals surface area contributed by atoms with E-state index in [9.17, 15) is 22.4 Å². The highest BCUT2D eigenvalue weighted by Crippen LogP contribution is 2.36. The number of benzene rings is 2. The zero-order valence-electron chi connectivity index (χ0n) is 21.2. The second-order valence-electron chi connectivity index (χ2n) is 7.52. The number of fused-ring (bicyclic) bond motifs is 1. The van der Waals surface area contributed by atoms with Gasteiger partial charge in [0.15, 0.2) is 28.9 Å². The number of nitrogens with two attached hydrogens (primary N) is 2. The molecule has 2 aromatic carbocycles. The summed E-state index contributed by atoms with van der Waals surface area (Å²) in [6.45, 7) is 0. The van der Waals surface area contributed by atoms with Crippen LogP contribution in [0, 0.1) is 23.3 Å².